The standard InChI is InChI=1S/C17H14N2O/c1-12(20)17-18-11-16(19-17)15-9-7-14(8-10-15)13-5-3-2-4-6-13/h2-11H,1H3,(H,18,19). The van der Waals surface area contributed by atoms with E-state index in [4.69, 9.17) is 0 Å². The first-order valence-electron chi connectivity index (χ1n) is 6.46. The van der Waals surface area contributed by atoms with Crippen molar-refractivity contribution in [3.05, 3.63) is 66.6 Å². The van der Waals surface area contributed by atoms with Gasteiger partial charge >= 0.3 is 0 Å². The molecule has 3 nitrogen and oxygen atoms in total. The van der Waals surface area contributed by atoms with Gasteiger partial charge in [0, 0.05) is 6.92 Å². The van der Waals surface area contributed by atoms with Crippen molar-refractivity contribution in [2.75, 3.05) is 0 Å². The summed E-state index contributed by atoms with van der Waals surface area (Å²) in [6, 6.07) is 18.4. The average Bonchev–Trinajstić information content (AvgIpc) is 2.98. The minimum absolute atomic E-state index is 0.0582. The Morgan fingerprint density at radius 1 is 0.900 bits per heavy atom. The quantitative estimate of drug-likeness (QED) is 0.726. The number of rotatable bonds is 3. The molecule has 0 saturated carbocycles. The first-order chi connectivity index (χ1) is 9.74. The molecule has 0 aliphatic rings. The number of carbonyl (C=O) groups is 1. The van der Waals surface area contributed by atoms with Crippen molar-refractivity contribution in [1.82, 2.24) is 9.97 Å². The molecule has 0 aliphatic heterocycles. The fourth-order valence-corrected chi connectivity index (χ4v) is 2.12. The Morgan fingerprint density at radius 2 is 1.50 bits per heavy atom. The van der Waals surface area contributed by atoms with Crippen LogP contribution >= 0.6 is 0 Å². The van der Waals surface area contributed by atoms with Crippen molar-refractivity contribution in [2.24, 2.45) is 0 Å². The summed E-state index contributed by atoms with van der Waals surface area (Å²) in [5.41, 5.74) is 4.23. The van der Waals surface area contributed by atoms with E-state index in [2.05, 4.69) is 34.2 Å². The molecule has 2 aromatic carbocycles. The average molecular weight is 262 g/mol. The normalized spacial score (nSPS) is 10.4. The van der Waals surface area contributed by atoms with Gasteiger partial charge in [0.25, 0.3) is 0 Å². The van der Waals surface area contributed by atoms with E-state index in [-0.39, 0.29) is 5.78 Å². The summed E-state index contributed by atoms with van der Waals surface area (Å²) >= 11 is 0. The van der Waals surface area contributed by atoms with Crippen LogP contribution in [-0.4, -0.2) is 15.8 Å². The minimum Gasteiger partial charge on any atom is -0.336 e. The zero-order valence-electron chi connectivity index (χ0n) is 11.1. The van der Waals surface area contributed by atoms with E-state index in [9.17, 15) is 4.79 Å². The number of imidazole rings is 1. The fraction of sp³-hybridized carbons (Fsp3) is 0.0588. The Bertz CT molecular complexity index is 727. The molecule has 1 aromatic heterocycles. The van der Waals surface area contributed by atoms with Gasteiger partial charge in [-0.25, -0.2) is 4.98 Å². The Labute approximate surface area is 117 Å². The number of nitrogens with one attached hydrogen (secondary N) is 1. The Hall–Kier alpha value is -2.68. The first kappa shape index (κ1) is 12.4. The van der Waals surface area contributed by atoms with Crippen LogP contribution in [0.5, 0.6) is 0 Å². The summed E-state index contributed by atoms with van der Waals surface area (Å²) in [5, 5.41) is 0. The lowest BCUT2D eigenvalue weighted by atomic mass is 10.0. The highest BCUT2D eigenvalue weighted by Gasteiger charge is 2.06. The van der Waals surface area contributed by atoms with Crippen molar-refractivity contribution >= 4 is 5.78 Å². The number of nitrogens with zero attached hydrogens (tertiary/aromatic N) is 1. The van der Waals surface area contributed by atoms with E-state index >= 15 is 0 Å². The van der Waals surface area contributed by atoms with Gasteiger partial charge in [0.1, 0.15) is 0 Å². The number of ketones is 1. The van der Waals surface area contributed by atoms with Gasteiger partial charge in [0.05, 0.1) is 11.9 Å². The zero-order valence-corrected chi connectivity index (χ0v) is 11.1. The first-order valence-corrected chi connectivity index (χ1v) is 6.46. The van der Waals surface area contributed by atoms with E-state index in [1.54, 1.807) is 6.20 Å². The maximum absolute atomic E-state index is 11.2. The molecule has 0 bridgehead atoms. The van der Waals surface area contributed by atoms with Gasteiger partial charge in [-0.05, 0) is 16.7 Å². The molecule has 1 heterocycles. The number of hydrogen-bond acceptors (Lipinski definition) is 2. The van der Waals surface area contributed by atoms with Gasteiger partial charge in [0.2, 0.25) is 0 Å². The molecule has 20 heavy (non-hydrogen) atoms. The van der Waals surface area contributed by atoms with Crippen molar-refractivity contribution in [3.63, 3.8) is 0 Å². The second kappa shape index (κ2) is 5.13. The van der Waals surface area contributed by atoms with E-state index in [0.717, 1.165) is 11.3 Å². The SMILES string of the molecule is CC(=O)c1ncc(-c2ccc(-c3ccccc3)cc2)[nH]1. The monoisotopic (exact) mass is 262 g/mol. The molecule has 0 amide bonds. The lowest BCUT2D eigenvalue weighted by Gasteiger charge is -2.03. The summed E-state index contributed by atoms with van der Waals surface area (Å²) in [6.07, 6.45) is 1.69. The van der Waals surface area contributed by atoms with E-state index in [1.165, 1.54) is 18.1 Å². The highest BCUT2D eigenvalue weighted by molar-refractivity contribution is 5.91. The summed E-state index contributed by atoms with van der Waals surface area (Å²) in [7, 11) is 0. The molecular formula is C17H14N2O. The number of benzene rings is 2. The molecule has 0 unspecified atom stereocenters. The summed E-state index contributed by atoms with van der Waals surface area (Å²) in [6.45, 7) is 1.50. The maximum atomic E-state index is 11.2. The topological polar surface area (TPSA) is 45.8 Å². The molecule has 3 aromatic rings. The van der Waals surface area contributed by atoms with Crippen LogP contribution < -0.4 is 0 Å². The molecule has 0 radical (unpaired) electrons. The van der Waals surface area contributed by atoms with Crippen molar-refractivity contribution in [2.45, 2.75) is 6.92 Å². The smallest absolute Gasteiger partial charge is 0.194 e. The van der Waals surface area contributed by atoms with Crippen LogP contribution in [0.1, 0.15) is 17.5 Å². The van der Waals surface area contributed by atoms with Gasteiger partial charge in [-0.2, -0.15) is 0 Å². The van der Waals surface area contributed by atoms with Crippen LogP contribution in [0.3, 0.4) is 0 Å². The predicted molar refractivity (Wildman–Crippen MR) is 79.5 cm³/mol. The number of aromatic nitrogens is 2. The molecule has 3 heteroatoms. The molecule has 0 saturated heterocycles. The predicted octanol–water partition coefficient (Wildman–Crippen LogP) is 3.95. The van der Waals surface area contributed by atoms with E-state index in [0.29, 0.717) is 5.82 Å². The summed E-state index contributed by atoms with van der Waals surface area (Å²) in [5.74, 6) is 0.337. The summed E-state index contributed by atoms with van der Waals surface area (Å²) < 4.78 is 0. The Morgan fingerprint density at radius 3 is 2.10 bits per heavy atom. The van der Waals surface area contributed by atoms with E-state index < -0.39 is 0 Å². The van der Waals surface area contributed by atoms with Crippen LogP contribution in [0, 0.1) is 0 Å². The van der Waals surface area contributed by atoms with Crippen molar-refractivity contribution in [3.8, 4) is 22.4 Å². The number of carbonyl (C=O) groups excluding carboxylic acids is 1. The van der Waals surface area contributed by atoms with E-state index in [1.807, 2.05) is 30.3 Å². The maximum Gasteiger partial charge on any atom is 0.194 e. The van der Waals surface area contributed by atoms with Crippen molar-refractivity contribution < 1.29 is 4.79 Å². The van der Waals surface area contributed by atoms with Crippen LogP contribution in [0.2, 0.25) is 0 Å². The highest BCUT2D eigenvalue weighted by atomic mass is 16.1. The molecule has 0 aliphatic carbocycles. The second-order valence-electron chi connectivity index (χ2n) is 4.65. The molecule has 0 fully saturated rings. The van der Waals surface area contributed by atoms with Gasteiger partial charge < -0.3 is 4.98 Å². The molecule has 1 N–H and O–H groups in total. The third kappa shape index (κ3) is 2.38. The van der Waals surface area contributed by atoms with Gasteiger partial charge in [-0.3, -0.25) is 4.79 Å². The molecule has 0 spiro atoms. The second-order valence-corrected chi connectivity index (χ2v) is 4.65. The van der Waals surface area contributed by atoms with Gasteiger partial charge in [-0.15, -0.1) is 0 Å². The highest BCUT2D eigenvalue weighted by Crippen LogP contribution is 2.23. The Kier molecular flexibility index (Phi) is 3.17. The van der Waals surface area contributed by atoms with Crippen molar-refractivity contribution in [1.29, 1.82) is 0 Å². The van der Waals surface area contributed by atoms with Crippen LogP contribution in [0.4, 0.5) is 0 Å². The number of aromatic amines is 1. The zero-order chi connectivity index (χ0) is 13.9. The van der Waals surface area contributed by atoms with Crippen LogP contribution in [-0.2, 0) is 0 Å². The third-order valence-electron chi connectivity index (χ3n) is 3.21. The number of Topliss-reactive ketones (excluding diaryl/α,β-unsaturated/α-hetero) is 1. The lowest BCUT2D eigenvalue weighted by molar-refractivity contribution is 0.100. The Balaban J connectivity index is 1.91. The van der Waals surface area contributed by atoms with Gasteiger partial charge in [0.15, 0.2) is 11.6 Å². The number of hydrogen-bond donors (Lipinski definition) is 1. The molecular weight excluding hydrogens is 248 g/mol. The minimum atomic E-state index is -0.0582. The largest absolute Gasteiger partial charge is 0.336 e. The molecule has 0 atom stereocenters. The lowest BCUT2D eigenvalue weighted by Crippen LogP contribution is -1.93. The van der Waals surface area contributed by atoms with Crippen LogP contribution in [0.15, 0.2) is 60.8 Å². The number of H-pyrrole nitrogens is 1. The molecule has 98 valence electrons. The van der Waals surface area contributed by atoms with Crippen LogP contribution in [0.25, 0.3) is 22.4 Å². The summed E-state index contributed by atoms with van der Waals surface area (Å²) in [4.78, 5) is 18.3. The molecule has 3 rings (SSSR count). The van der Waals surface area contributed by atoms with Gasteiger partial charge in [-0.1, -0.05) is 54.6 Å². The third-order valence-corrected chi connectivity index (χ3v) is 3.21. The fourth-order valence-electron chi connectivity index (χ4n) is 2.12.